The zero-order chi connectivity index (χ0) is 21.4. The van der Waals surface area contributed by atoms with Crippen LogP contribution in [0.5, 0.6) is 0 Å². The molecule has 154 valence electrons. The van der Waals surface area contributed by atoms with Gasteiger partial charge < -0.3 is 11.1 Å². The van der Waals surface area contributed by atoms with E-state index < -0.39 is 10.8 Å². The van der Waals surface area contributed by atoms with Crippen molar-refractivity contribution in [3.8, 4) is 0 Å². The first-order chi connectivity index (χ1) is 13.9. The molecule has 0 spiro atoms. The molecule has 8 heteroatoms. The van der Waals surface area contributed by atoms with E-state index in [9.17, 15) is 19.7 Å². The van der Waals surface area contributed by atoms with Crippen molar-refractivity contribution in [2.24, 2.45) is 11.7 Å². The molecule has 2 aromatic carbocycles. The van der Waals surface area contributed by atoms with Gasteiger partial charge in [-0.1, -0.05) is 57.0 Å². The summed E-state index contributed by atoms with van der Waals surface area (Å²) in [6, 6.07) is 13.7. The summed E-state index contributed by atoms with van der Waals surface area (Å²) in [5.41, 5.74) is 6.05. The van der Waals surface area contributed by atoms with Crippen molar-refractivity contribution in [3.63, 3.8) is 0 Å². The molecule has 0 saturated heterocycles. The number of nitro groups is 1. The van der Waals surface area contributed by atoms with E-state index in [0.717, 1.165) is 36.2 Å². The highest BCUT2D eigenvalue weighted by Crippen LogP contribution is 2.31. The minimum atomic E-state index is -0.738. The van der Waals surface area contributed by atoms with E-state index in [2.05, 4.69) is 19.2 Å². The lowest BCUT2D eigenvalue weighted by molar-refractivity contribution is -0.387. The van der Waals surface area contributed by atoms with Gasteiger partial charge in [-0.15, -0.1) is 11.8 Å². The van der Waals surface area contributed by atoms with Gasteiger partial charge >= 0.3 is 0 Å². The molecule has 0 aliphatic carbocycles. The predicted octanol–water partition coefficient (Wildman–Crippen LogP) is 4.08. The lowest BCUT2D eigenvalue weighted by Gasteiger charge is -2.27. The van der Waals surface area contributed by atoms with Gasteiger partial charge in [0.05, 0.1) is 21.6 Å². The fourth-order valence-electron chi connectivity index (χ4n) is 3.19. The van der Waals surface area contributed by atoms with E-state index in [4.69, 9.17) is 5.73 Å². The van der Waals surface area contributed by atoms with Crippen molar-refractivity contribution in [3.05, 3.63) is 69.8 Å². The number of primary amides is 1. The third-order valence-corrected chi connectivity index (χ3v) is 5.86. The third kappa shape index (κ3) is 6.05. The lowest BCUT2D eigenvalue weighted by atomic mass is 9.89. The summed E-state index contributed by atoms with van der Waals surface area (Å²) < 4.78 is 0. The van der Waals surface area contributed by atoms with E-state index in [-0.39, 0.29) is 34.9 Å². The summed E-state index contributed by atoms with van der Waals surface area (Å²) >= 11 is 1.06. The van der Waals surface area contributed by atoms with Crippen molar-refractivity contribution in [1.29, 1.82) is 0 Å². The number of hydrogen-bond acceptors (Lipinski definition) is 5. The van der Waals surface area contributed by atoms with Crippen LogP contribution in [0.1, 0.15) is 48.7 Å². The van der Waals surface area contributed by atoms with Gasteiger partial charge in [0.15, 0.2) is 0 Å². The number of amides is 2. The maximum atomic E-state index is 12.6. The van der Waals surface area contributed by atoms with Gasteiger partial charge in [0, 0.05) is 11.6 Å². The van der Waals surface area contributed by atoms with Crippen LogP contribution in [0.25, 0.3) is 0 Å². The van der Waals surface area contributed by atoms with Crippen LogP contribution < -0.4 is 11.1 Å². The number of rotatable bonds is 10. The molecule has 29 heavy (non-hydrogen) atoms. The minimum Gasteiger partial charge on any atom is -0.366 e. The Balaban J connectivity index is 2.13. The Morgan fingerprint density at radius 1 is 1.14 bits per heavy atom. The normalized spacial score (nSPS) is 11.8. The second-order valence-electron chi connectivity index (χ2n) is 6.62. The topological polar surface area (TPSA) is 115 Å². The average molecular weight is 416 g/mol. The fraction of sp³-hybridized carbons (Fsp3) is 0.333. The largest absolute Gasteiger partial charge is 0.366 e. The van der Waals surface area contributed by atoms with Crippen LogP contribution in [0.15, 0.2) is 53.4 Å². The third-order valence-electron chi connectivity index (χ3n) is 4.79. The molecule has 2 rings (SSSR count). The molecule has 0 saturated carbocycles. The molecule has 0 radical (unpaired) electrons. The van der Waals surface area contributed by atoms with Gasteiger partial charge in [-0.3, -0.25) is 19.7 Å². The zero-order valence-corrected chi connectivity index (χ0v) is 17.3. The molecule has 0 bridgehead atoms. The maximum absolute atomic E-state index is 12.6. The Morgan fingerprint density at radius 2 is 1.79 bits per heavy atom. The number of benzene rings is 2. The van der Waals surface area contributed by atoms with Crippen molar-refractivity contribution < 1.29 is 14.5 Å². The monoisotopic (exact) mass is 415 g/mol. The molecule has 1 atom stereocenters. The van der Waals surface area contributed by atoms with Gasteiger partial charge in [0.25, 0.3) is 5.69 Å². The highest BCUT2D eigenvalue weighted by Gasteiger charge is 2.23. The van der Waals surface area contributed by atoms with Crippen LogP contribution in [0.2, 0.25) is 0 Å². The lowest BCUT2D eigenvalue weighted by Crippen LogP contribution is -2.34. The smallest absolute Gasteiger partial charge is 0.283 e. The standard InChI is InChI=1S/C21H25N3O4S/c1-3-14(4-2)20(15-8-6-5-7-9-15)23-19(25)13-29-18-11-10-16(21(22)26)12-17(18)24(27)28/h5-12,14,20H,3-4,13H2,1-2H3,(H2,22,26)(H,23,25). The number of nitrogens with zero attached hydrogens (tertiary/aromatic N) is 1. The molecule has 0 heterocycles. The Hall–Kier alpha value is -2.87. The Bertz CT molecular complexity index is 869. The van der Waals surface area contributed by atoms with Crippen molar-refractivity contribution in [2.75, 3.05) is 5.75 Å². The first kappa shape index (κ1) is 22.4. The Labute approximate surface area is 174 Å². The molecule has 2 amide bonds. The van der Waals surface area contributed by atoms with E-state index in [0.29, 0.717) is 4.90 Å². The van der Waals surface area contributed by atoms with Crippen LogP contribution in [0.3, 0.4) is 0 Å². The highest BCUT2D eigenvalue weighted by molar-refractivity contribution is 8.00. The number of carbonyl (C=O) groups is 2. The number of nitrogens with two attached hydrogens (primary N) is 1. The predicted molar refractivity (Wildman–Crippen MR) is 114 cm³/mol. The van der Waals surface area contributed by atoms with Gasteiger partial charge in [-0.25, -0.2) is 0 Å². The van der Waals surface area contributed by atoms with Crippen molar-refractivity contribution in [1.82, 2.24) is 5.32 Å². The number of nitrogens with one attached hydrogen (secondary N) is 1. The van der Waals surface area contributed by atoms with Crippen LogP contribution in [-0.2, 0) is 4.79 Å². The van der Waals surface area contributed by atoms with Gasteiger partial charge in [-0.05, 0) is 23.6 Å². The molecule has 7 nitrogen and oxygen atoms in total. The summed E-state index contributed by atoms with van der Waals surface area (Å²) in [5.74, 6) is -0.627. The molecule has 3 N–H and O–H groups in total. The van der Waals surface area contributed by atoms with Crippen LogP contribution in [0.4, 0.5) is 5.69 Å². The molecule has 1 unspecified atom stereocenters. The molecule has 0 aromatic heterocycles. The van der Waals surface area contributed by atoms with Crippen LogP contribution in [0, 0.1) is 16.0 Å². The number of thioether (sulfide) groups is 1. The molecule has 2 aromatic rings. The van der Waals surface area contributed by atoms with Crippen LogP contribution >= 0.6 is 11.8 Å². The summed E-state index contributed by atoms with van der Waals surface area (Å²) in [7, 11) is 0. The Morgan fingerprint density at radius 3 is 2.34 bits per heavy atom. The molecule has 0 aliphatic rings. The average Bonchev–Trinajstić information content (AvgIpc) is 2.72. The summed E-state index contributed by atoms with van der Waals surface area (Å²) in [6.07, 6.45) is 1.84. The van der Waals surface area contributed by atoms with Crippen molar-refractivity contribution >= 4 is 29.3 Å². The fourth-order valence-corrected chi connectivity index (χ4v) is 4.00. The van der Waals surface area contributed by atoms with Crippen molar-refractivity contribution in [2.45, 2.75) is 37.6 Å². The van der Waals surface area contributed by atoms with Gasteiger partial charge in [-0.2, -0.15) is 0 Å². The minimum absolute atomic E-state index is 0.0280. The number of hydrogen-bond donors (Lipinski definition) is 2. The van der Waals surface area contributed by atoms with Crippen LogP contribution in [-0.4, -0.2) is 22.5 Å². The number of carbonyl (C=O) groups excluding carboxylic acids is 2. The van der Waals surface area contributed by atoms with Gasteiger partial charge in [0.2, 0.25) is 11.8 Å². The maximum Gasteiger partial charge on any atom is 0.283 e. The van der Waals surface area contributed by atoms with E-state index in [1.165, 1.54) is 12.1 Å². The molecular weight excluding hydrogens is 390 g/mol. The second-order valence-corrected chi connectivity index (χ2v) is 7.64. The summed E-state index contributed by atoms with van der Waals surface area (Å²) in [4.78, 5) is 34.9. The summed E-state index contributed by atoms with van der Waals surface area (Å²) in [5, 5.41) is 14.4. The quantitative estimate of drug-likeness (QED) is 0.345. The highest BCUT2D eigenvalue weighted by atomic mass is 32.2. The summed E-state index contributed by atoms with van der Waals surface area (Å²) in [6.45, 7) is 4.18. The first-order valence-corrected chi connectivity index (χ1v) is 10.4. The molecular formula is C21H25N3O4S. The van der Waals surface area contributed by atoms with E-state index in [1.807, 2.05) is 30.3 Å². The molecule has 0 fully saturated rings. The SMILES string of the molecule is CCC(CC)C(NC(=O)CSc1ccc(C(N)=O)cc1[N+](=O)[O-])c1ccccc1. The second kappa shape index (κ2) is 10.6. The Kier molecular flexibility index (Phi) is 8.21. The first-order valence-electron chi connectivity index (χ1n) is 9.42. The zero-order valence-electron chi connectivity index (χ0n) is 16.5. The molecule has 0 aliphatic heterocycles. The number of nitro benzene ring substituents is 1. The van der Waals surface area contributed by atoms with E-state index in [1.54, 1.807) is 0 Å². The van der Waals surface area contributed by atoms with E-state index >= 15 is 0 Å². The van der Waals surface area contributed by atoms with Gasteiger partial charge in [0.1, 0.15) is 0 Å².